The molecule has 0 atom stereocenters. The summed E-state index contributed by atoms with van der Waals surface area (Å²) < 4.78 is 4.59. The molecule has 2 aromatic rings. The van der Waals surface area contributed by atoms with Crippen LogP contribution in [0.1, 0.15) is 5.82 Å². The van der Waals surface area contributed by atoms with E-state index in [4.69, 9.17) is 5.73 Å². The standard InChI is InChI=1S/C10H11N5O3/c11-8-5-7(15(16)17)1-2-9(8)12-4-3-10-13-6-18-14-10/h1-2,5-6,12H,3-4,11H2. The summed E-state index contributed by atoms with van der Waals surface area (Å²) >= 11 is 0. The summed E-state index contributed by atoms with van der Waals surface area (Å²) in [5.41, 5.74) is 6.64. The Hall–Kier alpha value is -2.64. The lowest BCUT2D eigenvalue weighted by Crippen LogP contribution is -2.08. The number of non-ortho nitro benzene ring substituents is 1. The number of nitro groups is 1. The molecule has 0 spiro atoms. The lowest BCUT2D eigenvalue weighted by Gasteiger charge is -2.07. The van der Waals surface area contributed by atoms with Crippen LogP contribution in [0.2, 0.25) is 0 Å². The molecule has 1 aromatic carbocycles. The van der Waals surface area contributed by atoms with Crippen molar-refractivity contribution in [3.8, 4) is 0 Å². The van der Waals surface area contributed by atoms with Crippen LogP contribution in [0.5, 0.6) is 0 Å². The van der Waals surface area contributed by atoms with E-state index in [0.29, 0.717) is 30.2 Å². The zero-order valence-electron chi connectivity index (χ0n) is 9.37. The second-order valence-electron chi connectivity index (χ2n) is 3.55. The molecular formula is C10H11N5O3. The zero-order chi connectivity index (χ0) is 13.0. The highest BCUT2D eigenvalue weighted by atomic mass is 16.6. The quantitative estimate of drug-likeness (QED) is 0.464. The normalized spacial score (nSPS) is 10.2. The molecule has 0 saturated heterocycles. The van der Waals surface area contributed by atoms with Gasteiger partial charge in [-0.25, -0.2) is 0 Å². The summed E-state index contributed by atoms with van der Waals surface area (Å²) in [6, 6.07) is 4.29. The Morgan fingerprint density at radius 3 is 2.94 bits per heavy atom. The summed E-state index contributed by atoms with van der Waals surface area (Å²) in [5, 5.41) is 17.2. The maximum absolute atomic E-state index is 10.5. The van der Waals surface area contributed by atoms with Gasteiger partial charge in [-0.3, -0.25) is 10.1 Å². The highest BCUT2D eigenvalue weighted by molar-refractivity contribution is 5.69. The summed E-state index contributed by atoms with van der Waals surface area (Å²) in [4.78, 5) is 13.9. The Morgan fingerprint density at radius 2 is 2.33 bits per heavy atom. The van der Waals surface area contributed by atoms with Gasteiger partial charge in [-0.2, -0.15) is 4.98 Å². The number of rotatable bonds is 5. The molecule has 2 rings (SSSR count). The highest BCUT2D eigenvalue weighted by Crippen LogP contribution is 2.23. The minimum atomic E-state index is -0.487. The second-order valence-corrected chi connectivity index (χ2v) is 3.55. The molecule has 8 nitrogen and oxygen atoms in total. The van der Waals surface area contributed by atoms with E-state index in [1.54, 1.807) is 6.07 Å². The van der Waals surface area contributed by atoms with Crippen LogP contribution in [-0.2, 0) is 6.42 Å². The van der Waals surface area contributed by atoms with Crippen molar-refractivity contribution in [2.24, 2.45) is 0 Å². The Labute approximate surface area is 102 Å². The zero-order valence-corrected chi connectivity index (χ0v) is 9.37. The number of nitrogens with two attached hydrogens (primary N) is 1. The summed E-state index contributed by atoms with van der Waals surface area (Å²) in [7, 11) is 0. The molecule has 0 fully saturated rings. The molecular weight excluding hydrogens is 238 g/mol. The van der Waals surface area contributed by atoms with E-state index in [-0.39, 0.29) is 5.69 Å². The average Bonchev–Trinajstić information content (AvgIpc) is 2.84. The fourth-order valence-corrected chi connectivity index (χ4v) is 1.44. The van der Waals surface area contributed by atoms with Crippen molar-refractivity contribution in [1.82, 2.24) is 10.1 Å². The Bertz CT molecular complexity index is 540. The van der Waals surface area contributed by atoms with Crippen LogP contribution in [0.15, 0.2) is 29.1 Å². The molecule has 0 amide bonds. The van der Waals surface area contributed by atoms with Crippen LogP contribution in [0, 0.1) is 10.1 Å². The summed E-state index contributed by atoms with van der Waals surface area (Å²) in [5.74, 6) is 0.586. The van der Waals surface area contributed by atoms with Gasteiger partial charge < -0.3 is 15.6 Å². The molecule has 0 aliphatic carbocycles. The van der Waals surface area contributed by atoms with Gasteiger partial charge in [0.15, 0.2) is 5.82 Å². The van der Waals surface area contributed by atoms with E-state index < -0.39 is 4.92 Å². The fraction of sp³-hybridized carbons (Fsp3) is 0.200. The number of nitrogens with one attached hydrogen (secondary N) is 1. The predicted octanol–water partition coefficient (Wildman–Crippen LogP) is 1.21. The van der Waals surface area contributed by atoms with Gasteiger partial charge in [0.2, 0.25) is 6.39 Å². The smallest absolute Gasteiger partial charge is 0.271 e. The van der Waals surface area contributed by atoms with Crippen molar-refractivity contribution in [2.45, 2.75) is 6.42 Å². The van der Waals surface area contributed by atoms with Crippen LogP contribution in [0.4, 0.5) is 17.1 Å². The summed E-state index contributed by atoms with van der Waals surface area (Å²) in [6.07, 6.45) is 1.84. The first kappa shape index (κ1) is 11.8. The Morgan fingerprint density at radius 1 is 1.50 bits per heavy atom. The van der Waals surface area contributed by atoms with E-state index in [0.717, 1.165) is 0 Å². The minimum absolute atomic E-state index is 0.0313. The van der Waals surface area contributed by atoms with Crippen molar-refractivity contribution in [1.29, 1.82) is 0 Å². The average molecular weight is 249 g/mol. The maximum atomic E-state index is 10.5. The van der Waals surface area contributed by atoms with Crippen LogP contribution in [0.3, 0.4) is 0 Å². The maximum Gasteiger partial charge on any atom is 0.271 e. The molecule has 0 radical (unpaired) electrons. The first-order valence-corrected chi connectivity index (χ1v) is 5.20. The molecule has 18 heavy (non-hydrogen) atoms. The van der Waals surface area contributed by atoms with Gasteiger partial charge >= 0.3 is 0 Å². The van der Waals surface area contributed by atoms with Gasteiger partial charge in [-0.15, -0.1) is 0 Å². The third-order valence-corrected chi connectivity index (χ3v) is 2.32. The summed E-state index contributed by atoms with van der Waals surface area (Å²) in [6.45, 7) is 0.557. The number of nitrogens with zero attached hydrogens (tertiary/aromatic N) is 3. The molecule has 1 heterocycles. The minimum Gasteiger partial charge on any atom is -0.397 e. The molecule has 3 N–H and O–H groups in total. The number of hydrogen-bond acceptors (Lipinski definition) is 7. The largest absolute Gasteiger partial charge is 0.397 e. The number of nitro benzene ring substituents is 1. The number of benzene rings is 1. The van der Waals surface area contributed by atoms with Gasteiger partial charge in [0.1, 0.15) is 0 Å². The van der Waals surface area contributed by atoms with Gasteiger partial charge in [-0.1, -0.05) is 5.16 Å². The third-order valence-electron chi connectivity index (χ3n) is 2.32. The highest BCUT2D eigenvalue weighted by Gasteiger charge is 2.08. The van der Waals surface area contributed by atoms with Gasteiger partial charge in [-0.05, 0) is 6.07 Å². The predicted molar refractivity (Wildman–Crippen MR) is 64.0 cm³/mol. The molecule has 0 bridgehead atoms. The van der Waals surface area contributed by atoms with Gasteiger partial charge in [0.25, 0.3) is 5.69 Å². The topological polar surface area (TPSA) is 120 Å². The molecule has 0 aliphatic heterocycles. The number of nitrogen functional groups attached to an aromatic ring is 1. The van der Waals surface area contributed by atoms with Gasteiger partial charge in [0, 0.05) is 25.1 Å². The van der Waals surface area contributed by atoms with E-state index >= 15 is 0 Å². The van der Waals surface area contributed by atoms with E-state index in [2.05, 4.69) is 20.0 Å². The van der Waals surface area contributed by atoms with Crippen LogP contribution < -0.4 is 11.1 Å². The van der Waals surface area contributed by atoms with Crippen LogP contribution in [0.25, 0.3) is 0 Å². The van der Waals surface area contributed by atoms with Crippen molar-refractivity contribution >= 4 is 17.1 Å². The van der Waals surface area contributed by atoms with E-state index in [9.17, 15) is 10.1 Å². The molecule has 0 saturated carbocycles. The molecule has 0 unspecified atom stereocenters. The third kappa shape index (κ3) is 2.73. The number of anilines is 2. The van der Waals surface area contributed by atoms with Crippen LogP contribution >= 0.6 is 0 Å². The Balaban J connectivity index is 1.95. The molecule has 8 heteroatoms. The van der Waals surface area contributed by atoms with Crippen LogP contribution in [-0.4, -0.2) is 21.6 Å². The Kier molecular flexibility index (Phi) is 3.37. The van der Waals surface area contributed by atoms with Crippen molar-refractivity contribution in [3.63, 3.8) is 0 Å². The first-order chi connectivity index (χ1) is 8.66. The number of aromatic nitrogens is 2. The lowest BCUT2D eigenvalue weighted by molar-refractivity contribution is -0.384. The van der Waals surface area contributed by atoms with Crippen molar-refractivity contribution in [2.75, 3.05) is 17.6 Å². The fourth-order valence-electron chi connectivity index (χ4n) is 1.44. The second kappa shape index (κ2) is 5.13. The van der Waals surface area contributed by atoms with Crippen molar-refractivity contribution in [3.05, 3.63) is 40.5 Å². The lowest BCUT2D eigenvalue weighted by atomic mass is 10.2. The molecule has 0 aliphatic rings. The monoisotopic (exact) mass is 249 g/mol. The molecule has 94 valence electrons. The van der Waals surface area contributed by atoms with E-state index in [1.807, 2.05) is 0 Å². The van der Waals surface area contributed by atoms with Crippen molar-refractivity contribution < 1.29 is 9.45 Å². The van der Waals surface area contributed by atoms with E-state index in [1.165, 1.54) is 18.5 Å². The number of hydrogen-bond donors (Lipinski definition) is 2. The van der Waals surface area contributed by atoms with Gasteiger partial charge in [0.05, 0.1) is 16.3 Å². The SMILES string of the molecule is Nc1cc([N+](=O)[O-])ccc1NCCc1ncon1. The molecule has 1 aromatic heterocycles. The first-order valence-electron chi connectivity index (χ1n) is 5.20.